The number of carbonyl (C=O) groups excluding carboxylic acids is 1. The fourth-order valence-electron chi connectivity index (χ4n) is 3.22. The fourth-order valence-corrected chi connectivity index (χ4v) is 3.22. The Bertz CT molecular complexity index is 891. The lowest BCUT2D eigenvalue weighted by Crippen LogP contribution is -2.42. The molecule has 4 rings (SSSR count). The summed E-state index contributed by atoms with van der Waals surface area (Å²) in [4.78, 5) is 14.8. The number of hydrogen-bond donors (Lipinski definition) is 0. The third kappa shape index (κ3) is 3.00. The molecule has 1 aliphatic rings. The highest BCUT2D eigenvalue weighted by molar-refractivity contribution is 5.97. The lowest BCUT2D eigenvalue weighted by atomic mass is 10.1. The van der Waals surface area contributed by atoms with Crippen molar-refractivity contribution in [2.75, 3.05) is 19.7 Å². The van der Waals surface area contributed by atoms with Crippen LogP contribution in [0, 0.1) is 0 Å². The van der Waals surface area contributed by atoms with Gasteiger partial charge in [0.05, 0.1) is 18.7 Å². The quantitative estimate of drug-likeness (QED) is 0.738. The van der Waals surface area contributed by atoms with Crippen LogP contribution in [0.5, 0.6) is 0 Å². The molecule has 2 heterocycles. The van der Waals surface area contributed by atoms with Crippen molar-refractivity contribution >= 4 is 16.9 Å². The number of amides is 1. The third-order valence-corrected chi connectivity index (χ3v) is 4.59. The molecule has 3 aromatic rings. The second-order valence-corrected chi connectivity index (χ2v) is 6.13. The number of nitrogens with zero attached hydrogens (tertiary/aromatic N) is 4. The van der Waals surface area contributed by atoms with E-state index in [0.29, 0.717) is 25.3 Å². The molecule has 6 nitrogen and oxygen atoms in total. The number of carbonyl (C=O) groups is 1. The molecule has 0 bridgehead atoms. The number of aromatic nitrogens is 3. The van der Waals surface area contributed by atoms with E-state index in [4.69, 9.17) is 4.74 Å². The lowest BCUT2D eigenvalue weighted by Gasteiger charge is -2.33. The largest absolute Gasteiger partial charge is 0.370 e. The molecule has 1 amide bonds. The molecule has 1 fully saturated rings. The van der Waals surface area contributed by atoms with Gasteiger partial charge in [-0.05, 0) is 30.7 Å². The molecule has 0 N–H and O–H groups in total. The second-order valence-electron chi connectivity index (χ2n) is 6.13. The van der Waals surface area contributed by atoms with Crippen molar-refractivity contribution in [1.82, 2.24) is 19.9 Å². The van der Waals surface area contributed by atoms with E-state index in [-0.39, 0.29) is 12.0 Å². The van der Waals surface area contributed by atoms with Gasteiger partial charge in [0.25, 0.3) is 5.91 Å². The van der Waals surface area contributed by atoms with E-state index in [1.807, 2.05) is 65.0 Å². The van der Waals surface area contributed by atoms with E-state index in [1.54, 1.807) is 0 Å². The van der Waals surface area contributed by atoms with Crippen LogP contribution >= 0.6 is 0 Å². The minimum absolute atomic E-state index is 0.0113. The van der Waals surface area contributed by atoms with E-state index < -0.39 is 0 Å². The van der Waals surface area contributed by atoms with Crippen LogP contribution in [-0.2, 0) is 11.3 Å². The molecule has 25 heavy (non-hydrogen) atoms. The Kier molecular flexibility index (Phi) is 4.19. The topological polar surface area (TPSA) is 60.2 Å². The van der Waals surface area contributed by atoms with Crippen molar-refractivity contribution in [2.45, 2.75) is 19.6 Å². The van der Waals surface area contributed by atoms with Crippen molar-refractivity contribution in [1.29, 1.82) is 0 Å². The van der Waals surface area contributed by atoms with Gasteiger partial charge in [-0.2, -0.15) is 0 Å². The van der Waals surface area contributed by atoms with Gasteiger partial charge in [0.15, 0.2) is 0 Å². The monoisotopic (exact) mass is 336 g/mol. The average molecular weight is 336 g/mol. The zero-order valence-corrected chi connectivity index (χ0v) is 14.1. The molecular formula is C19H20N4O2. The van der Waals surface area contributed by atoms with E-state index in [1.165, 1.54) is 0 Å². The second kappa shape index (κ2) is 6.64. The Labute approximate surface area is 146 Å². The highest BCUT2D eigenvalue weighted by Crippen LogP contribution is 2.23. The van der Waals surface area contributed by atoms with E-state index in [9.17, 15) is 4.79 Å². The Morgan fingerprint density at radius 3 is 2.88 bits per heavy atom. The normalized spacial score (nSPS) is 17.8. The van der Waals surface area contributed by atoms with Crippen molar-refractivity contribution in [3.63, 3.8) is 0 Å². The molecule has 1 aromatic heterocycles. The van der Waals surface area contributed by atoms with Crippen LogP contribution in [0.2, 0.25) is 0 Å². The highest BCUT2D eigenvalue weighted by Gasteiger charge is 2.26. The van der Waals surface area contributed by atoms with E-state index in [0.717, 1.165) is 23.1 Å². The zero-order valence-electron chi connectivity index (χ0n) is 14.1. The molecule has 128 valence electrons. The Morgan fingerprint density at radius 2 is 2.08 bits per heavy atom. The summed E-state index contributed by atoms with van der Waals surface area (Å²) < 4.78 is 7.67. The minimum atomic E-state index is -0.0800. The standard InChI is InChI=1S/C19H20N4O2/c1-2-23-17-9-8-15(12-16(17)20-21-23)19(24)22-10-11-25-18(13-22)14-6-4-3-5-7-14/h3-9,12,18H,2,10-11,13H2,1H3/t18-/m1/s1. The summed E-state index contributed by atoms with van der Waals surface area (Å²) in [6, 6.07) is 15.6. The first-order valence-electron chi connectivity index (χ1n) is 8.55. The molecule has 2 aromatic carbocycles. The van der Waals surface area contributed by atoms with Gasteiger partial charge < -0.3 is 9.64 Å². The van der Waals surface area contributed by atoms with Gasteiger partial charge in [-0.15, -0.1) is 5.10 Å². The maximum atomic E-state index is 12.9. The molecule has 1 atom stereocenters. The van der Waals surface area contributed by atoms with Gasteiger partial charge in [-0.1, -0.05) is 35.5 Å². The predicted molar refractivity (Wildman–Crippen MR) is 94.2 cm³/mol. The van der Waals surface area contributed by atoms with Crippen LogP contribution in [0.25, 0.3) is 11.0 Å². The molecule has 0 unspecified atom stereocenters. The first-order valence-corrected chi connectivity index (χ1v) is 8.55. The van der Waals surface area contributed by atoms with E-state index in [2.05, 4.69) is 10.3 Å². The van der Waals surface area contributed by atoms with Crippen LogP contribution in [0.1, 0.15) is 28.9 Å². The molecule has 0 spiro atoms. The summed E-state index contributed by atoms with van der Waals surface area (Å²) in [5, 5.41) is 8.26. The highest BCUT2D eigenvalue weighted by atomic mass is 16.5. The zero-order chi connectivity index (χ0) is 17.2. The van der Waals surface area contributed by atoms with Crippen LogP contribution in [-0.4, -0.2) is 45.5 Å². The molecule has 0 saturated carbocycles. The Balaban J connectivity index is 1.56. The van der Waals surface area contributed by atoms with Crippen molar-refractivity contribution in [2.24, 2.45) is 0 Å². The van der Waals surface area contributed by atoms with Crippen LogP contribution in [0.15, 0.2) is 48.5 Å². The molecule has 0 aliphatic carbocycles. The summed E-state index contributed by atoms with van der Waals surface area (Å²) in [5.41, 5.74) is 3.44. The molecule has 1 saturated heterocycles. The van der Waals surface area contributed by atoms with Crippen LogP contribution in [0.3, 0.4) is 0 Å². The SMILES string of the molecule is CCn1nnc2cc(C(=O)N3CCO[C@@H](c4ccccc4)C3)ccc21. The summed E-state index contributed by atoms with van der Waals surface area (Å²) in [6.45, 7) is 4.47. The summed E-state index contributed by atoms with van der Waals surface area (Å²) in [5.74, 6) is 0.0113. The maximum absolute atomic E-state index is 12.9. The van der Waals surface area contributed by atoms with Gasteiger partial charge in [0.2, 0.25) is 0 Å². The number of morpholine rings is 1. The van der Waals surface area contributed by atoms with Crippen molar-refractivity contribution in [3.05, 3.63) is 59.7 Å². The van der Waals surface area contributed by atoms with E-state index >= 15 is 0 Å². The number of hydrogen-bond acceptors (Lipinski definition) is 4. The summed E-state index contributed by atoms with van der Waals surface area (Å²) >= 11 is 0. The number of benzene rings is 2. The van der Waals surface area contributed by atoms with Gasteiger partial charge >= 0.3 is 0 Å². The molecular weight excluding hydrogens is 316 g/mol. The Hall–Kier alpha value is -2.73. The molecule has 0 radical (unpaired) electrons. The molecule has 1 aliphatic heterocycles. The van der Waals surface area contributed by atoms with Gasteiger partial charge in [0.1, 0.15) is 11.6 Å². The smallest absolute Gasteiger partial charge is 0.254 e. The lowest BCUT2D eigenvalue weighted by molar-refractivity contribution is -0.0228. The Morgan fingerprint density at radius 1 is 1.24 bits per heavy atom. The van der Waals surface area contributed by atoms with Gasteiger partial charge in [-0.3, -0.25) is 4.79 Å². The van der Waals surface area contributed by atoms with Crippen LogP contribution in [0.4, 0.5) is 0 Å². The number of aryl methyl sites for hydroxylation is 1. The summed E-state index contributed by atoms with van der Waals surface area (Å²) in [7, 11) is 0. The number of rotatable bonds is 3. The van der Waals surface area contributed by atoms with Gasteiger partial charge in [-0.25, -0.2) is 4.68 Å². The first-order chi connectivity index (χ1) is 12.3. The number of fused-ring (bicyclic) bond motifs is 1. The fraction of sp³-hybridized carbons (Fsp3) is 0.316. The first kappa shape index (κ1) is 15.8. The van der Waals surface area contributed by atoms with Crippen molar-refractivity contribution < 1.29 is 9.53 Å². The maximum Gasteiger partial charge on any atom is 0.254 e. The average Bonchev–Trinajstić information content (AvgIpc) is 3.10. The van der Waals surface area contributed by atoms with Crippen molar-refractivity contribution in [3.8, 4) is 0 Å². The predicted octanol–water partition coefficient (Wildman–Crippen LogP) is 2.66. The minimum Gasteiger partial charge on any atom is -0.370 e. The van der Waals surface area contributed by atoms with Gasteiger partial charge in [0, 0.05) is 18.7 Å². The summed E-state index contributed by atoms with van der Waals surface area (Å²) in [6.07, 6.45) is -0.0800. The number of ether oxygens (including phenoxy) is 1. The third-order valence-electron chi connectivity index (χ3n) is 4.59. The van der Waals surface area contributed by atoms with Crippen LogP contribution < -0.4 is 0 Å². The molecule has 6 heteroatoms.